The van der Waals surface area contributed by atoms with Gasteiger partial charge in [0.15, 0.2) is 0 Å². The van der Waals surface area contributed by atoms with Crippen LogP contribution in [0.2, 0.25) is 0 Å². The quantitative estimate of drug-likeness (QED) is 0.518. The topological polar surface area (TPSA) is 54.4 Å². The van der Waals surface area contributed by atoms with Gasteiger partial charge in [-0.2, -0.15) is 57.1 Å². The predicted molar refractivity (Wildman–Crippen MR) is 48.0 cm³/mol. The minimum atomic E-state index is -8.13. The van der Waals surface area contributed by atoms with Gasteiger partial charge in [-0.15, -0.1) is 0 Å². The van der Waals surface area contributed by atoms with Gasteiger partial charge in [-0.1, -0.05) is 0 Å². The van der Waals surface area contributed by atoms with Crippen LogP contribution in [0.3, 0.4) is 0 Å². The van der Waals surface area contributed by atoms with Crippen LogP contribution in [0.25, 0.3) is 0 Å². The van der Waals surface area contributed by atoms with Crippen LogP contribution < -0.4 is 0 Å². The van der Waals surface area contributed by atoms with Crippen LogP contribution in [-0.2, 0) is 9.59 Å². The van der Waals surface area contributed by atoms with Gasteiger partial charge >= 0.3 is 41.8 Å². The normalized spacial score (nSPS) is 15.2. The summed E-state index contributed by atoms with van der Waals surface area (Å²) in [5, 5.41) is 7.91. The molecule has 0 aliphatic carbocycles. The molecule has 0 fully saturated rings. The fraction of sp³-hybridized carbons (Fsp3) is 0.778. The number of rotatable bonds is 7. The Morgan fingerprint density at radius 2 is 0.920 bits per heavy atom. The second-order valence-electron chi connectivity index (χ2n) is 4.36. The molecule has 0 unspecified atom stereocenters. The van der Waals surface area contributed by atoms with Crippen LogP contribution in [0.1, 0.15) is 6.42 Å². The number of carboxylic acids is 1. The maximum atomic E-state index is 13.0. The maximum absolute atomic E-state index is 13.0. The third kappa shape index (κ3) is 3.21. The molecule has 0 aliphatic heterocycles. The molecule has 0 spiro atoms. The largest absolute Gasteiger partial charge is 0.481 e. The van der Waals surface area contributed by atoms with E-state index in [0.29, 0.717) is 0 Å². The smallest absolute Gasteiger partial charge is 0.460 e. The molecule has 3 nitrogen and oxygen atoms in total. The Morgan fingerprint density at radius 3 is 1.20 bits per heavy atom. The van der Waals surface area contributed by atoms with E-state index in [1.165, 1.54) is 0 Å². The summed E-state index contributed by atoms with van der Waals surface area (Å²) in [4.78, 5) is 20.5. The van der Waals surface area contributed by atoms with Gasteiger partial charge in [0, 0.05) is 0 Å². The highest BCUT2D eigenvalue weighted by atomic mass is 19.4. The highest BCUT2D eigenvalue weighted by molar-refractivity contribution is 5.99. The van der Waals surface area contributed by atoms with E-state index in [4.69, 9.17) is 5.11 Å². The van der Waals surface area contributed by atoms with Gasteiger partial charge in [0.05, 0.1) is 0 Å². The number of aliphatic carboxylic acids is 1. The number of Topliss-reactive ketones (excluding diaryl/α,β-unsaturated/α-hetero) is 1. The predicted octanol–water partition coefficient (Wildman–Crippen LogP) is 3.77. The van der Waals surface area contributed by atoms with Crippen molar-refractivity contribution in [3.63, 3.8) is 0 Å². The molecule has 0 aromatic heterocycles. The summed E-state index contributed by atoms with van der Waals surface area (Å²) in [6.45, 7) is 0. The Balaban J connectivity index is 6.29. The molecule has 0 radical (unpaired) electrons. The minimum Gasteiger partial charge on any atom is -0.481 e. The summed E-state index contributed by atoms with van der Waals surface area (Å²) in [6, 6.07) is 0. The average Bonchev–Trinajstić information content (AvgIpc) is 2.35. The SMILES string of the molecule is O=C(O)CC(=O)C(F)(F)C(F)(F)C(F)(F)C(F)(F)C(F)(F)C(F)(F)F. The zero-order valence-corrected chi connectivity index (χ0v) is 10.9. The van der Waals surface area contributed by atoms with Crippen LogP contribution >= 0.6 is 0 Å². The van der Waals surface area contributed by atoms with E-state index in [-0.39, 0.29) is 0 Å². The molecule has 148 valence electrons. The van der Waals surface area contributed by atoms with Crippen molar-refractivity contribution >= 4 is 11.8 Å². The van der Waals surface area contributed by atoms with Crippen LogP contribution in [0.4, 0.5) is 57.1 Å². The van der Waals surface area contributed by atoms with Crippen LogP contribution in [0, 0.1) is 0 Å². The fourth-order valence-corrected chi connectivity index (χ4v) is 1.19. The molecule has 25 heavy (non-hydrogen) atoms. The third-order valence-electron chi connectivity index (χ3n) is 2.60. The summed E-state index contributed by atoms with van der Waals surface area (Å²) < 4.78 is 163. The van der Waals surface area contributed by atoms with Gasteiger partial charge in [-0.25, -0.2) is 0 Å². The number of ketones is 1. The van der Waals surface area contributed by atoms with Gasteiger partial charge in [0.25, 0.3) is 0 Å². The number of carbonyl (C=O) groups is 2. The zero-order valence-electron chi connectivity index (χ0n) is 10.9. The molecule has 0 amide bonds. The highest BCUT2D eigenvalue weighted by Gasteiger charge is 2.91. The van der Waals surface area contributed by atoms with Crippen LogP contribution in [-0.4, -0.2) is 52.6 Å². The number of alkyl halides is 13. The summed E-state index contributed by atoms with van der Waals surface area (Å²) in [7, 11) is 0. The molecule has 0 rings (SSSR count). The lowest BCUT2D eigenvalue weighted by Crippen LogP contribution is -2.71. The molecule has 0 aliphatic rings. The molecule has 0 atom stereocenters. The maximum Gasteiger partial charge on any atom is 0.460 e. The van der Waals surface area contributed by atoms with Crippen molar-refractivity contribution in [2.45, 2.75) is 42.2 Å². The van der Waals surface area contributed by atoms with Crippen molar-refractivity contribution in [2.75, 3.05) is 0 Å². The van der Waals surface area contributed by atoms with Crippen LogP contribution in [0.5, 0.6) is 0 Å². The molecule has 0 aromatic rings. The Labute approximate surface area is 127 Å². The van der Waals surface area contributed by atoms with E-state index in [9.17, 15) is 66.7 Å². The minimum absolute atomic E-state index is 2.63. The lowest BCUT2D eigenvalue weighted by molar-refractivity contribution is -0.436. The average molecular weight is 406 g/mol. The number of carboxylic acid groups (broad SMARTS) is 1. The van der Waals surface area contributed by atoms with Crippen molar-refractivity contribution < 1.29 is 71.8 Å². The first-order chi connectivity index (χ1) is 10.6. The number of halogens is 13. The van der Waals surface area contributed by atoms with Crippen molar-refractivity contribution in [3.05, 3.63) is 0 Å². The molecule has 1 N–H and O–H groups in total. The molecular formula is C9H3F13O3. The fourth-order valence-electron chi connectivity index (χ4n) is 1.19. The monoisotopic (exact) mass is 406 g/mol. The highest BCUT2D eigenvalue weighted by Crippen LogP contribution is 2.60. The van der Waals surface area contributed by atoms with E-state index in [2.05, 4.69) is 0 Å². The summed E-state index contributed by atoms with van der Waals surface area (Å²) in [5.41, 5.74) is 0. The molecule has 0 heterocycles. The third-order valence-corrected chi connectivity index (χ3v) is 2.60. The first kappa shape index (κ1) is 23.2. The Bertz CT molecular complexity index is 547. The van der Waals surface area contributed by atoms with E-state index in [0.717, 1.165) is 0 Å². The number of carbonyl (C=O) groups excluding carboxylic acids is 1. The van der Waals surface area contributed by atoms with Gasteiger partial charge in [-0.05, 0) is 0 Å². The van der Waals surface area contributed by atoms with Crippen molar-refractivity contribution in [1.29, 1.82) is 0 Å². The number of hydrogen-bond acceptors (Lipinski definition) is 2. The second kappa shape index (κ2) is 5.89. The molecule has 0 aromatic carbocycles. The lowest BCUT2D eigenvalue weighted by atomic mass is 9.91. The first-order valence-electron chi connectivity index (χ1n) is 5.30. The summed E-state index contributed by atoms with van der Waals surface area (Å²) in [6.07, 6.45) is -10.2. The second-order valence-corrected chi connectivity index (χ2v) is 4.36. The van der Waals surface area contributed by atoms with Gasteiger partial charge in [0.2, 0.25) is 5.78 Å². The van der Waals surface area contributed by atoms with Crippen molar-refractivity contribution in [3.8, 4) is 0 Å². The standard InChI is InChI=1S/C9H3F13O3/c10-4(11,2(23)1-3(24)25)5(12,13)6(14,15)7(16,17)8(18,19)9(20,21)22/h1H2,(H,24,25). The van der Waals surface area contributed by atoms with E-state index in [1.54, 1.807) is 0 Å². The van der Waals surface area contributed by atoms with Gasteiger partial charge < -0.3 is 5.11 Å². The zero-order chi connectivity index (χ0) is 20.9. The lowest BCUT2D eigenvalue weighted by Gasteiger charge is -2.39. The first-order valence-corrected chi connectivity index (χ1v) is 5.30. The van der Waals surface area contributed by atoms with Gasteiger partial charge in [0.1, 0.15) is 6.42 Å². The summed E-state index contributed by atoms with van der Waals surface area (Å²) in [5.74, 6) is -45.2. The molecule has 0 saturated heterocycles. The summed E-state index contributed by atoms with van der Waals surface area (Å²) >= 11 is 0. The Hall–Kier alpha value is -1.77. The molecular weight excluding hydrogens is 403 g/mol. The van der Waals surface area contributed by atoms with E-state index >= 15 is 0 Å². The van der Waals surface area contributed by atoms with Crippen molar-refractivity contribution in [2.24, 2.45) is 0 Å². The van der Waals surface area contributed by atoms with Gasteiger partial charge in [-0.3, -0.25) is 9.59 Å². The Kier molecular flexibility index (Phi) is 5.48. The molecule has 0 saturated carbocycles. The molecule has 16 heteroatoms. The van der Waals surface area contributed by atoms with E-state index in [1.807, 2.05) is 0 Å². The molecule has 0 bridgehead atoms. The Morgan fingerprint density at radius 1 is 0.600 bits per heavy atom. The number of hydrogen-bond donors (Lipinski definition) is 1. The van der Waals surface area contributed by atoms with Crippen LogP contribution in [0.15, 0.2) is 0 Å². The van der Waals surface area contributed by atoms with Crippen molar-refractivity contribution in [1.82, 2.24) is 0 Å². The van der Waals surface area contributed by atoms with E-state index < -0.39 is 54.0 Å².